The molecular weight excluding hydrogens is 224 g/mol. The van der Waals surface area contributed by atoms with Crippen LogP contribution in [-0.2, 0) is 11.5 Å². The predicted molar refractivity (Wildman–Crippen MR) is 74.6 cm³/mol. The van der Waals surface area contributed by atoms with E-state index in [0.717, 1.165) is 12.2 Å². The normalized spacial score (nSPS) is 10.6. The van der Waals surface area contributed by atoms with Gasteiger partial charge in [-0.05, 0) is 24.5 Å². The fourth-order valence-corrected chi connectivity index (χ4v) is 2.10. The number of rotatable bonds is 10. The number of unbranched alkanes of at least 4 members (excludes halogenated alkanes) is 5. The van der Waals surface area contributed by atoms with Crippen LogP contribution in [0.25, 0.3) is 0 Å². The Morgan fingerprint density at radius 3 is 2.50 bits per heavy atom. The summed E-state index contributed by atoms with van der Waals surface area (Å²) in [6.45, 7) is 2.34. The number of para-hydroxylation sites is 1. The van der Waals surface area contributed by atoms with Gasteiger partial charge >= 0.3 is 0 Å². The summed E-state index contributed by atoms with van der Waals surface area (Å²) in [4.78, 5) is 0. The van der Waals surface area contributed by atoms with Gasteiger partial charge in [0.25, 0.3) is 0 Å². The lowest BCUT2D eigenvalue weighted by Gasteiger charge is -2.10. The van der Waals surface area contributed by atoms with Crippen LogP contribution in [0.4, 0.5) is 0 Å². The summed E-state index contributed by atoms with van der Waals surface area (Å²) in [5, 5.41) is 10.5. The highest BCUT2D eigenvalue weighted by atomic mass is 16.5. The molecule has 0 saturated heterocycles. The molecule has 1 rings (SSSR count). The van der Waals surface area contributed by atoms with Crippen molar-refractivity contribution in [2.24, 2.45) is 0 Å². The van der Waals surface area contributed by atoms with E-state index in [1.54, 1.807) is 0 Å². The molecule has 0 amide bonds. The maximum atomic E-state index is 10.5. The molecule has 0 aliphatic heterocycles. The first-order valence-corrected chi connectivity index (χ1v) is 7.17. The van der Waals surface area contributed by atoms with Crippen LogP contribution in [0.3, 0.4) is 0 Å². The largest absolute Gasteiger partial charge is 0.491 e. The highest BCUT2D eigenvalue weighted by Crippen LogP contribution is 2.20. The zero-order chi connectivity index (χ0) is 13.1. The van der Waals surface area contributed by atoms with Crippen LogP contribution in [0.15, 0.2) is 24.3 Å². The van der Waals surface area contributed by atoms with Gasteiger partial charge in [0.1, 0.15) is 19.0 Å². The quantitative estimate of drug-likeness (QED) is 0.565. The molecule has 1 aromatic carbocycles. The number of ether oxygens (including phenoxy) is 1. The first kappa shape index (κ1) is 15.0. The molecule has 0 saturated carbocycles. The van der Waals surface area contributed by atoms with Crippen LogP contribution < -0.4 is 4.74 Å². The van der Waals surface area contributed by atoms with E-state index in [1.165, 1.54) is 44.1 Å². The molecule has 0 N–H and O–H groups in total. The van der Waals surface area contributed by atoms with Crippen LogP contribution in [0, 0.1) is 0 Å². The molecule has 0 atom stereocenters. The number of benzene rings is 1. The van der Waals surface area contributed by atoms with Crippen LogP contribution in [0.2, 0.25) is 0 Å². The Morgan fingerprint density at radius 1 is 1.00 bits per heavy atom. The van der Waals surface area contributed by atoms with Crippen LogP contribution >= 0.6 is 0 Å². The van der Waals surface area contributed by atoms with Crippen molar-refractivity contribution < 1.29 is 9.84 Å². The smallest absolute Gasteiger partial charge is 0.122 e. The molecular formula is C16H25O2. The molecule has 2 heteroatoms. The van der Waals surface area contributed by atoms with Crippen molar-refractivity contribution in [3.8, 4) is 5.75 Å². The van der Waals surface area contributed by atoms with Gasteiger partial charge in [0, 0.05) is 0 Å². The average molecular weight is 249 g/mol. The van der Waals surface area contributed by atoms with Crippen molar-refractivity contribution in [3.63, 3.8) is 0 Å². The lowest BCUT2D eigenvalue weighted by molar-refractivity contribution is 0.137. The van der Waals surface area contributed by atoms with Gasteiger partial charge in [0.15, 0.2) is 0 Å². The standard InChI is InChI=1S/C16H25O2/c1-2-3-4-5-6-7-10-15-11-8-9-12-16(15)18-14-13-17/h8-9,11-12H,2-7,10,13-14H2,1H3. The van der Waals surface area contributed by atoms with E-state index in [-0.39, 0.29) is 13.2 Å². The molecule has 101 valence electrons. The summed E-state index contributed by atoms with van der Waals surface area (Å²) in [5.41, 5.74) is 1.24. The summed E-state index contributed by atoms with van der Waals surface area (Å²) < 4.78 is 5.47. The third-order valence-corrected chi connectivity index (χ3v) is 3.11. The van der Waals surface area contributed by atoms with E-state index >= 15 is 0 Å². The van der Waals surface area contributed by atoms with Gasteiger partial charge in [-0.15, -0.1) is 0 Å². The molecule has 0 fully saturated rings. The van der Waals surface area contributed by atoms with Crippen LogP contribution in [0.1, 0.15) is 51.0 Å². The molecule has 0 bridgehead atoms. The van der Waals surface area contributed by atoms with Crippen molar-refractivity contribution in [1.29, 1.82) is 0 Å². The lowest BCUT2D eigenvalue weighted by atomic mass is 10.0. The topological polar surface area (TPSA) is 29.1 Å². The molecule has 1 aromatic rings. The monoisotopic (exact) mass is 249 g/mol. The summed E-state index contributed by atoms with van der Waals surface area (Å²) in [6.07, 6.45) is 8.88. The fraction of sp³-hybridized carbons (Fsp3) is 0.625. The van der Waals surface area contributed by atoms with Crippen molar-refractivity contribution in [2.75, 3.05) is 13.2 Å². The summed E-state index contributed by atoms with van der Waals surface area (Å²) in [6, 6.07) is 8.07. The second kappa shape index (κ2) is 9.95. The van der Waals surface area contributed by atoms with E-state index in [2.05, 4.69) is 13.0 Å². The van der Waals surface area contributed by atoms with Gasteiger partial charge in [-0.1, -0.05) is 57.2 Å². The summed E-state index contributed by atoms with van der Waals surface area (Å²) in [7, 11) is 0. The van der Waals surface area contributed by atoms with Gasteiger partial charge in [-0.2, -0.15) is 0 Å². The lowest BCUT2D eigenvalue weighted by Crippen LogP contribution is -2.03. The minimum atomic E-state index is -0.175. The third kappa shape index (κ3) is 6.06. The van der Waals surface area contributed by atoms with Gasteiger partial charge < -0.3 is 4.74 Å². The molecule has 0 unspecified atom stereocenters. The highest BCUT2D eigenvalue weighted by Gasteiger charge is 2.02. The van der Waals surface area contributed by atoms with E-state index < -0.39 is 0 Å². The first-order chi connectivity index (χ1) is 8.88. The Labute approximate surface area is 111 Å². The Balaban J connectivity index is 2.27. The minimum absolute atomic E-state index is 0.175. The average Bonchev–Trinajstić information content (AvgIpc) is 2.41. The van der Waals surface area contributed by atoms with E-state index in [1.807, 2.05) is 18.2 Å². The molecule has 1 radical (unpaired) electrons. The molecule has 0 aliphatic rings. The Hall–Kier alpha value is -1.02. The van der Waals surface area contributed by atoms with E-state index in [9.17, 15) is 5.11 Å². The molecule has 0 spiro atoms. The molecule has 0 aliphatic carbocycles. The van der Waals surface area contributed by atoms with Gasteiger partial charge in [-0.3, -0.25) is 0 Å². The molecule has 18 heavy (non-hydrogen) atoms. The van der Waals surface area contributed by atoms with E-state index in [0.29, 0.717) is 0 Å². The van der Waals surface area contributed by atoms with Crippen LogP contribution in [0.5, 0.6) is 5.75 Å². The van der Waals surface area contributed by atoms with Crippen molar-refractivity contribution in [2.45, 2.75) is 51.9 Å². The second-order valence-corrected chi connectivity index (χ2v) is 4.68. The maximum Gasteiger partial charge on any atom is 0.122 e. The van der Waals surface area contributed by atoms with Gasteiger partial charge in [0.05, 0.1) is 0 Å². The van der Waals surface area contributed by atoms with Crippen molar-refractivity contribution >= 4 is 0 Å². The van der Waals surface area contributed by atoms with Gasteiger partial charge in [-0.25, -0.2) is 5.11 Å². The van der Waals surface area contributed by atoms with Gasteiger partial charge in [0.2, 0.25) is 0 Å². The Bertz CT molecular complexity index is 310. The summed E-state index contributed by atoms with van der Waals surface area (Å²) >= 11 is 0. The zero-order valence-electron chi connectivity index (χ0n) is 11.5. The maximum absolute atomic E-state index is 10.5. The van der Waals surface area contributed by atoms with E-state index in [4.69, 9.17) is 4.74 Å². The molecule has 2 nitrogen and oxygen atoms in total. The molecule has 0 heterocycles. The number of hydrogen-bond donors (Lipinski definition) is 0. The summed E-state index contributed by atoms with van der Waals surface area (Å²) in [5.74, 6) is 0.891. The Kier molecular flexibility index (Phi) is 8.32. The number of aryl methyl sites for hydroxylation is 1. The minimum Gasteiger partial charge on any atom is -0.491 e. The molecule has 0 aromatic heterocycles. The zero-order valence-corrected chi connectivity index (χ0v) is 11.5. The number of hydrogen-bond acceptors (Lipinski definition) is 1. The SMILES string of the molecule is CCCCCCCCc1ccccc1OCC[O]. The third-order valence-electron chi connectivity index (χ3n) is 3.11. The fourth-order valence-electron chi connectivity index (χ4n) is 2.10. The second-order valence-electron chi connectivity index (χ2n) is 4.68. The highest BCUT2D eigenvalue weighted by molar-refractivity contribution is 5.33. The first-order valence-electron chi connectivity index (χ1n) is 7.17. The van der Waals surface area contributed by atoms with Crippen LogP contribution in [-0.4, -0.2) is 13.2 Å². The predicted octanol–water partition coefficient (Wildman–Crippen LogP) is 4.40. The Morgan fingerprint density at radius 2 is 1.72 bits per heavy atom. The van der Waals surface area contributed by atoms with Crippen molar-refractivity contribution in [1.82, 2.24) is 0 Å². The van der Waals surface area contributed by atoms with Crippen molar-refractivity contribution in [3.05, 3.63) is 29.8 Å².